The highest BCUT2D eigenvalue weighted by Crippen LogP contribution is 2.21. The van der Waals surface area contributed by atoms with Gasteiger partial charge in [0.25, 0.3) is 0 Å². The Morgan fingerprint density at radius 1 is 1.60 bits per heavy atom. The maximum absolute atomic E-state index is 11.5. The molecule has 84 valence electrons. The number of hydrogen-bond acceptors (Lipinski definition) is 4. The molecule has 0 aromatic carbocycles. The van der Waals surface area contributed by atoms with Crippen molar-refractivity contribution in [3.8, 4) is 0 Å². The Balaban J connectivity index is 2.61. The van der Waals surface area contributed by atoms with Crippen molar-refractivity contribution in [2.45, 2.75) is 26.7 Å². The lowest BCUT2D eigenvalue weighted by molar-refractivity contribution is -0.119. The summed E-state index contributed by atoms with van der Waals surface area (Å²) in [6.07, 6.45) is 0. The summed E-state index contributed by atoms with van der Waals surface area (Å²) in [5.41, 5.74) is 6.41. The standard InChI is InChI=1S/C10H17N3OS/c1-6(2)8-5-15-10(12-8)13-9(14)7(3)4-11/h5-7H,4,11H2,1-3H3,(H,12,13,14). The van der Waals surface area contributed by atoms with Gasteiger partial charge < -0.3 is 11.1 Å². The Morgan fingerprint density at radius 2 is 2.27 bits per heavy atom. The van der Waals surface area contributed by atoms with E-state index in [1.807, 2.05) is 5.38 Å². The van der Waals surface area contributed by atoms with Crippen LogP contribution in [-0.2, 0) is 4.79 Å². The molecule has 15 heavy (non-hydrogen) atoms. The van der Waals surface area contributed by atoms with Gasteiger partial charge in [0.15, 0.2) is 5.13 Å². The number of thiazole rings is 1. The minimum atomic E-state index is -0.170. The van der Waals surface area contributed by atoms with E-state index in [0.29, 0.717) is 17.6 Å². The number of nitrogens with zero attached hydrogens (tertiary/aromatic N) is 1. The Bertz CT molecular complexity index is 335. The fourth-order valence-electron chi connectivity index (χ4n) is 0.944. The number of amides is 1. The molecule has 4 nitrogen and oxygen atoms in total. The second kappa shape index (κ2) is 5.23. The average molecular weight is 227 g/mol. The first kappa shape index (κ1) is 12.1. The zero-order chi connectivity index (χ0) is 11.4. The summed E-state index contributed by atoms with van der Waals surface area (Å²) in [5.74, 6) is 0.150. The molecule has 0 spiro atoms. The Labute approximate surface area is 93.9 Å². The van der Waals surface area contributed by atoms with Gasteiger partial charge >= 0.3 is 0 Å². The quantitative estimate of drug-likeness (QED) is 0.824. The molecule has 1 amide bonds. The van der Waals surface area contributed by atoms with Crippen LogP contribution in [0, 0.1) is 5.92 Å². The minimum absolute atomic E-state index is 0.0674. The van der Waals surface area contributed by atoms with Crippen LogP contribution in [0.1, 0.15) is 32.4 Å². The molecule has 0 aliphatic rings. The lowest BCUT2D eigenvalue weighted by Gasteiger charge is -2.06. The highest BCUT2D eigenvalue weighted by molar-refractivity contribution is 7.13. The fourth-order valence-corrected chi connectivity index (χ4v) is 1.82. The van der Waals surface area contributed by atoms with Crippen molar-refractivity contribution in [2.24, 2.45) is 11.7 Å². The number of nitrogens with two attached hydrogens (primary N) is 1. The molecule has 1 atom stereocenters. The van der Waals surface area contributed by atoms with Gasteiger partial charge in [-0.15, -0.1) is 11.3 Å². The van der Waals surface area contributed by atoms with Gasteiger partial charge in [-0.05, 0) is 5.92 Å². The lowest BCUT2D eigenvalue weighted by atomic mass is 10.2. The largest absolute Gasteiger partial charge is 0.330 e. The van der Waals surface area contributed by atoms with Crippen LogP contribution in [0.3, 0.4) is 0 Å². The van der Waals surface area contributed by atoms with Crippen LogP contribution in [0.5, 0.6) is 0 Å². The Hall–Kier alpha value is -0.940. The number of carbonyl (C=O) groups is 1. The molecule has 1 unspecified atom stereocenters. The highest BCUT2D eigenvalue weighted by atomic mass is 32.1. The number of rotatable bonds is 4. The second-order valence-corrected chi connectivity index (χ2v) is 4.72. The van der Waals surface area contributed by atoms with Gasteiger partial charge in [0.05, 0.1) is 5.69 Å². The number of anilines is 1. The van der Waals surface area contributed by atoms with Crippen LogP contribution in [0.15, 0.2) is 5.38 Å². The summed E-state index contributed by atoms with van der Waals surface area (Å²) >= 11 is 1.45. The summed E-state index contributed by atoms with van der Waals surface area (Å²) in [7, 11) is 0. The molecule has 1 aromatic rings. The van der Waals surface area contributed by atoms with Crippen molar-refractivity contribution in [3.63, 3.8) is 0 Å². The van der Waals surface area contributed by atoms with Crippen molar-refractivity contribution in [2.75, 3.05) is 11.9 Å². The smallest absolute Gasteiger partial charge is 0.230 e. The Kier molecular flexibility index (Phi) is 4.23. The van der Waals surface area contributed by atoms with Gasteiger partial charge in [0.2, 0.25) is 5.91 Å². The summed E-state index contributed by atoms with van der Waals surface area (Å²) in [6, 6.07) is 0. The predicted octanol–water partition coefficient (Wildman–Crippen LogP) is 1.80. The molecule has 0 bridgehead atoms. The predicted molar refractivity (Wildman–Crippen MR) is 63.1 cm³/mol. The summed E-state index contributed by atoms with van der Waals surface area (Å²) in [6.45, 7) is 6.30. The van der Waals surface area contributed by atoms with Gasteiger partial charge in [-0.2, -0.15) is 0 Å². The zero-order valence-corrected chi connectivity index (χ0v) is 10.1. The van der Waals surface area contributed by atoms with Gasteiger partial charge in [-0.25, -0.2) is 4.98 Å². The minimum Gasteiger partial charge on any atom is -0.330 e. The van der Waals surface area contributed by atoms with Gasteiger partial charge in [-0.3, -0.25) is 4.79 Å². The molecule has 1 rings (SSSR count). The molecule has 0 aliphatic carbocycles. The van der Waals surface area contributed by atoms with Crippen LogP contribution in [0.2, 0.25) is 0 Å². The number of nitrogens with one attached hydrogen (secondary N) is 1. The normalized spacial score (nSPS) is 12.9. The summed E-state index contributed by atoms with van der Waals surface area (Å²) in [4.78, 5) is 15.8. The molecule has 1 aromatic heterocycles. The summed E-state index contributed by atoms with van der Waals surface area (Å²) < 4.78 is 0. The van der Waals surface area contributed by atoms with E-state index in [1.165, 1.54) is 11.3 Å². The summed E-state index contributed by atoms with van der Waals surface area (Å²) in [5, 5.41) is 5.38. The molecule has 0 aliphatic heterocycles. The monoisotopic (exact) mass is 227 g/mol. The lowest BCUT2D eigenvalue weighted by Crippen LogP contribution is -2.26. The van der Waals surface area contributed by atoms with E-state index < -0.39 is 0 Å². The number of aromatic nitrogens is 1. The molecule has 1 heterocycles. The number of carbonyl (C=O) groups excluding carboxylic acids is 1. The maximum Gasteiger partial charge on any atom is 0.230 e. The van der Waals surface area contributed by atoms with Crippen LogP contribution >= 0.6 is 11.3 Å². The number of hydrogen-bond donors (Lipinski definition) is 2. The van der Waals surface area contributed by atoms with Crippen LogP contribution < -0.4 is 11.1 Å². The molecule has 5 heteroatoms. The van der Waals surface area contributed by atoms with Crippen LogP contribution in [0.4, 0.5) is 5.13 Å². The molecule has 0 radical (unpaired) electrons. The SMILES string of the molecule is CC(CN)C(=O)Nc1nc(C(C)C)cs1. The first-order valence-corrected chi connectivity index (χ1v) is 5.89. The van der Waals surface area contributed by atoms with Gasteiger partial charge in [-0.1, -0.05) is 20.8 Å². The average Bonchev–Trinajstić information content (AvgIpc) is 2.65. The van der Waals surface area contributed by atoms with Gasteiger partial charge in [0, 0.05) is 17.8 Å². The molecular formula is C10H17N3OS. The van der Waals surface area contributed by atoms with E-state index in [-0.39, 0.29) is 11.8 Å². The van der Waals surface area contributed by atoms with E-state index in [2.05, 4.69) is 24.1 Å². The molecule has 3 N–H and O–H groups in total. The van der Waals surface area contributed by atoms with Crippen molar-refractivity contribution in [3.05, 3.63) is 11.1 Å². The van der Waals surface area contributed by atoms with Crippen molar-refractivity contribution < 1.29 is 4.79 Å². The third kappa shape index (κ3) is 3.28. The Morgan fingerprint density at radius 3 is 2.73 bits per heavy atom. The molecular weight excluding hydrogens is 210 g/mol. The van der Waals surface area contributed by atoms with E-state index in [1.54, 1.807) is 6.92 Å². The van der Waals surface area contributed by atoms with Crippen molar-refractivity contribution in [1.82, 2.24) is 4.98 Å². The zero-order valence-electron chi connectivity index (χ0n) is 9.28. The van der Waals surface area contributed by atoms with Gasteiger partial charge in [0.1, 0.15) is 0 Å². The molecule has 0 saturated heterocycles. The topological polar surface area (TPSA) is 68.0 Å². The third-order valence-electron chi connectivity index (χ3n) is 2.14. The van der Waals surface area contributed by atoms with Crippen LogP contribution in [-0.4, -0.2) is 17.4 Å². The van der Waals surface area contributed by atoms with Crippen molar-refractivity contribution in [1.29, 1.82) is 0 Å². The van der Waals surface area contributed by atoms with E-state index >= 15 is 0 Å². The second-order valence-electron chi connectivity index (χ2n) is 3.86. The molecule has 0 saturated carbocycles. The van der Waals surface area contributed by atoms with Crippen molar-refractivity contribution >= 4 is 22.4 Å². The van der Waals surface area contributed by atoms with E-state index in [0.717, 1.165) is 5.69 Å². The fraction of sp³-hybridized carbons (Fsp3) is 0.600. The highest BCUT2D eigenvalue weighted by Gasteiger charge is 2.13. The van der Waals surface area contributed by atoms with E-state index in [4.69, 9.17) is 5.73 Å². The molecule has 0 fully saturated rings. The third-order valence-corrected chi connectivity index (χ3v) is 2.92. The van der Waals surface area contributed by atoms with E-state index in [9.17, 15) is 4.79 Å². The maximum atomic E-state index is 11.5. The first-order chi connectivity index (χ1) is 7.04. The first-order valence-electron chi connectivity index (χ1n) is 5.01. The van der Waals surface area contributed by atoms with Crippen LogP contribution in [0.25, 0.3) is 0 Å².